The molecule has 480 valence electrons. The largest absolute Gasteiger partial charge is 0.480 e. The van der Waals surface area contributed by atoms with Crippen molar-refractivity contribution in [2.24, 2.45) is 29.4 Å². The average molecular weight is 1210 g/mol. The normalized spacial score (nSPS) is 27.7. The Kier molecular flexibility index (Phi) is 28.2. The Bertz CT molecular complexity index is 2280. The molecular weight excluding hydrogens is 1110 g/mol. The minimum absolute atomic E-state index is 0.0717. The number of ether oxygens (including phenoxy) is 4. The van der Waals surface area contributed by atoms with Gasteiger partial charge in [-0.15, -0.1) is 0 Å². The zero-order valence-electron chi connectivity index (χ0n) is 50.0. The van der Waals surface area contributed by atoms with Gasteiger partial charge in [0, 0.05) is 13.5 Å². The van der Waals surface area contributed by atoms with Crippen LogP contribution >= 0.6 is 0 Å². The number of aliphatic hydroxyl groups excluding tert-OH is 6. The molecule has 31 nitrogen and oxygen atoms in total. The number of hydrogen-bond donors (Lipinski definition) is 16. The van der Waals surface area contributed by atoms with Crippen LogP contribution in [-0.4, -0.2) is 241 Å². The monoisotopic (exact) mass is 1200 g/mol. The van der Waals surface area contributed by atoms with Crippen molar-refractivity contribution in [3.63, 3.8) is 0 Å². The van der Waals surface area contributed by atoms with Crippen molar-refractivity contribution in [1.82, 2.24) is 47.4 Å². The van der Waals surface area contributed by atoms with Gasteiger partial charge in [-0.2, -0.15) is 0 Å². The molecule has 0 aliphatic carbocycles. The van der Waals surface area contributed by atoms with E-state index in [4.69, 9.17) is 24.7 Å². The molecule has 3 fully saturated rings. The van der Waals surface area contributed by atoms with E-state index >= 15 is 0 Å². The predicted octanol–water partition coefficient (Wildman–Crippen LogP) is -5.97. The van der Waals surface area contributed by atoms with Crippen LogP contribution in [0.1, 0.15) is 109 Å². The fourth-order valence-electron chi connectivity index (χ4n) is 9.56. The van der Waals surface area contributed by atoms with E-state index in [9.17, 15) is 83.7 Å². The van der Waals surface area contributed by atoms with Crippen LogP contribution in [0.5, 0.6) is 0 Å². The van der Waals surface area contributed by atoms with Crippen LogP contribution < -0.4 is 48.3 Å². The van der Waals surface area contributed by atoms with E-state index in [0.717, 1.165) is 6.92 Å². The molecule has 0 radical (unpaired) electrons. The molecule has 3 aliphatic heterocycles. The lowest BCUT2D eigenvalue weighted by atomic mass is 9.95. The molecule has 0 saturated carbocycles. The first-order chi connectivity index (χ1) is 39.1. The number of nitrogens with two attached hydrogens (primary N) is 1. The SMILES string of the molecule is CC(=O)N[C@H]1[C@@H](O[C@H](C)[C@H](N)C(=O)N[C@@H](CC(C)C)C(=O)N2CCC[C@H]2C(=O)N[C@@H](C)C(=O)N[C@@H](C)C(=O)N[C@H](C(=O)N[C@H](C(=O)N[C@H](C(=O)N[C@@H](C)C(=O)O)C(C)C)C(C)C)C(C)C)O[C@H](CO)[C@H](O)[C@@H]1O[C@@H]1O[C@H](CO)[C@H](O)[C@H](O)[C@H]1O. The van der Waals surface area contributed by atoms with Crippen LogP contribution in [0.25, 0.3) is 0 Å². The number of likely N-dealkylation sites (tertiary alicyclic amines) is 1. The second-order valence-electron chi connectivity index (χ2n) is 23.2. The first kappa shape index (κ1) is 72.5. The summed E-state index contributed by atoms with van der Waals surface area (Å²) in [6, 6.07) is -12.8. The van der Waals surface area contributed by atoms with Crippen molar-refractivity contribution in [3.8, 4) is 0 Å². The van der Waals surface area contributed by atoms with Crippen molar-refractivity contribution >= 4 is 59.1 Å². The number of aliphatic hydroxyl groups is 6. The third-order valence-corrected chi connectivity index (χ3v) is 14.7. The molecule has 31 heteroatoms. The Morgan fingerprint density at radius 3 is 1.54 bits per heavy atom. The second kappa shape index (κ2) is 32.7. The van der Waals surface area contributed by atoms with Gasteiger partial charge in [0.15, 0.2) is 12.6 Å². The summed E-state index contributed by atoms with van der Waals surface area (Å²) >= 11 is 0. The van der Waals surface area contributed by atoms with Gasteiger partial charge in [-0.3, -0.25) is 47.9 Å². The summed E-state index contributed by atoms with van der Waals surface area (Å²) in [6.07, 6.45) is -16.0. The average Bonchev–Trinajstić information content (AvgIpc) is 3.71. The van der Waals surface area contributed by atoms with E-state index in [1.807, 2.05) is 0 Å². The highest BCUT2D eigenvalue weighted by molar-refractivity contribution is 5.98. The molecule has 0 aromatic heterocycles. The maximum Gasteiger partial charge on any atom is 0.325 e. The standard InChI is InChI=1S/C53H92N10O21/c1-20(2)17-29(59-46(74)33(54)27(12)81-52-37(58-28(13)66)42(39(68)32(19-65)82-52)84-53-41(70)40(69)38(67)31(18-64)83-53)50(78)63-16-14-15-30(63)45(73)56-24(9)43(71)55-25(10)44(72)60-35(22(5)6)48(76)62-36(23(7)8)49(77)61-34(21(3)4)47(75)57-26(11)51(79)80/h20-27,29-42,52-53,64-65,67-70H,14-19,54H2,1-13H3,(H,55,71)(H,56,73)(H,57,75)(H,58,66)(H,59,74)(H,60,72)(H,61,77)(H,62,76)(H,79,80)/t24-,25-,26-,27+,29-,30-,31+,32+,33-,34-,35-,36-,37+,38-,39-,40-,41+,42+,52-,53-/m0/s1. The first-order valence-electron chi connectivity index (χ1n) is 28.3. The van der Waals surface area contributed by atoms with Crippen LogP contribution in [-0.2, 0) is 66.9 Å². The number of aliphatic carboxylic acids is 1. The van der Waals surface area contributed by atoms with E-state index in [-0.39, 0.29) is 25.3 Å². The predicted molar refractivity (Wildman–Crippen MR) is 293 cm³/mol. The molecule has 3 heterocycles. The van der Waals surface area contributed by atoms with Crippen LogP contribution in [0.4, 0.5) is 0 Å². The minimum Gasteiger partial charge on any atom is -0.480 e. The lowest BCUT2D eigenvalue weighted by molar-refractivity contribution is -0.347. The highest BCUT2D eigenvalue weighted by Gasteiger charge is 2.52. The summed E-state index contributed by atoms with van der Waals surface area (Å²) in [5.74, 6) is -9.81. The maximum atomic E-state index is 14.3. The second-order valence-corrected chi connectivity index (χ2v) is 23.2. The van der Waals surface area contributed by atoms with Crippen molar-refractivity contribution < 1.29 is 103 Å². The number of carboxylic acids is 1. The molecule has 3 aliphatic rings. The van der Waals surface area contributed by atoms with Gasteiger partial charge < -0.3 is 108 Å². The molecule has 0 spiro atoms. The quantitative estimate of drug-likeness (QED) is 0.0332. The highest BCUT2D eigenvalue weighted by Crippen LogP contribution is 2.31. The number of carbonyl (C=O) groups excluding carboxylic acids is 9. The van der Waals surface area contributed by atoms with Crippen LogP contribution in [0.2, 0.25) is 0 Å². The van der Waals surface area contributed by atoms with Gasteiger partial charge in [-0.1, -0.05) is 55.4 Å². The molecule has 20 atom stereocenters. The van der Waals surface area contributed by atoms with Crippen LogP contribution in [0.3, 0.4) is 0 Å². The Morgan fingerprint density at radius 2 is 1.05 bits per heavy atom. The number of nitrogens with zero attached hydrogens (tertiary/aromatic N) is 1. The summed E-state index contributed by atoms with van der Waals surface area (Å²) in [6.45, 7) is 18.3. The number of carboxylic acid groups (broad SMARTS) is 1. The number of carbonyl (C=O) groups is 10. The molecule has 0 aromatic rings. The first-order valence-corrected chi connectivity index (χ1v) is 28.3. The Balaban J connectivity index is 1.68. The molecular formula is C53H92N10O21. The number of rotatable bonds is 29. The maximum absolute atomic E-state index is 14.3. The third kappa shape index (κ3) is 19.7. The van der Waals surface area contributed by atoms with E-state index in [1.165, 1.54) is 32.6 Å². The topological polar surface area (TPSA) is 475 Å². The van der Waals surface area contributed by atoms with E-state index in [0.29, 0.717) is 6.42 Å². The van der Waals surface area contributed by atoms with Crippen molar-refractivity contribution in [2.75, 3.05) is 19.8 Å². The lowest BCUT2D eigenvalue weighted by Crippen LogP contribution is -2.68. The smallest absolute Gasteiger partial charge is 0.325 e. The summed E-state index contributed by atoms with van der Waals surface area (Å²) < 4.78 is 23.1. The Hall–Kier alpha value is -5.74. The number of amides is 9. The molecule has 17 N–H and O–H groups in total. The van der Waals surface area contributed by atoms with Gasteiger partial charge in [-0.05, 0) is 70.6 Å². The molecule has 0 aromatic carbocycles. The van der Waals surface area contributed by atoms with Crippen LogP contribution in [0, 0.1) is 23.7 Å². The molecule has 0 unspecified atom stereocenters. The van der Waals surface area contributed by atoms with Crippen molar-refractivity contribution in [3.05, 3.63) is 0 Å². The molecule has 84 heavy (non-hydrogen) atoms. The fraction of sp³-hybridized carbons (Fsp3) is 0.811. The number of hydrogen-bond acceptors (Lipinski definition) is 21. The van der Waals surface area contributed by atoms with Gasteiger partial charge >= 0.3 is 5.97 Å². The minimum atomic E-state index is -1.93. The summed E-state index contributed by atoms with van der Waals surface area (Å²) in [4.78, 5) is 134. The summed E-state index contributed by atoms with van der Waals surface area (Å²) in [5.41, 5.74) is 6.41. The Morgan fingerprint density at radius 1 is 0.583 bits per heavy atom. The zero-order chi connectivity index (χ0) is 63.9. The van der Waals surface area contributed by atoms with Gasteiger partial charge in [-0.25, -0.2) is 0 Å². The van der Waals surface area contributed by atoms with Gasteiger partial charge in [0.1, 0.15) is 103 Å². The third-order valence-electron chi connectivity index (χ3n) is 14.7. The van der Waals surface area contributed by atoms with Crippen LogP contribution in [0.15, 0.2) is 0 Å². The fourth-order valence-corrected chi connectivity index (χ4v) is 9.56. The zero-order valence-corrected chi connectivity index (χ0v) is 50.0. The van der Waals surface area contributed by atoms with Gasteiger partial charge in [0.05, 0.1) is 19.3 Å². The Labute approximate surface area is 488 Å². The van der Waals surface area contributed by atoms with Crippen molar-refractivity contribution in [2.45, 2.75) is 231 Å². The van der Waals surface area contributed by atoms with E-state index < -0.39 is 212 Å². The molecule has 3 saturated heterocycles. The van der Waals surface area contributed by atoms with E-state index in [2.05, 4.69) is 42.5 Å². The highest BCUT2D eigenvalue weighted by atomic mass is 16.7. The van der Waals surface area contributed by atoms with E-state index in [1.54, 1.807) is 55.4 Å². The summed E-state index contributed by atoms with van der Waals surface area (Å²) in [7, 11) is 0. The molecule has 3 rings (SSSR count). The molecule has 0 bridgehead atoms. The van der Waals surface area contributed by atoms with Gasteiger partial charge in [0.25, 0.3) is 0 Å². The van der Waals surface area contributed by atoms with Gasteiger partial charge in [0.2, 0.25) is 53.2 Å². The lowest BCUT2D eigenvalue weighted by Gasteiger charge is -2.48. The summed E-state index contributed by atoms with van der Waals surface area (Å²) in [5, 5.41) is 92.0. The number of nitrogens with one attached hydrogen (secondary N) is 8. The molecule has 9 amide bonds. The van der Waals surface area contributed by atoms with Crippen molar-refractivity contribution in [1.29, 1.82) is 0 Å².